The number of aromatic nitrogens is 3. The highest BCUT2D eigenvalue weighted by molar-refractivity contribution is 5.94. The molecule has 2 amide bonds. The molecule has 8 nitrogen and oxygen atoms in total. The summed E-state index contributed by atoms with van der Waals surface area (Å²) in [7, 11) is 0. The third-order valence-electron chi connectivity index (χ3n) is 3.43. The van der Waals surface area contributed by atoms with Crippen LogP contribution in [-0.4, -0.2) is 32.5 Å². The van der Waals surface area contributed by atoms with Crippen molar-refractivity contribution < 1.29 is 18.4 Å². The summed E-state index contributed by atoms with van der Waals surface area (Å²) in [4.78, 5) is 35.7. The second kappa shape index (κ2) is 7.13. The summed E-state index contributed by atoms with van der Waals surface area (Å²) < 4.78 is 28.2. The predicted molar refractivity (Wildman–Crippen MR) is 87.4 cm³/mol. The highest BCUT2D eigenvalue weighted by Gasteiger charge is 2.12. The largest absolute Gasteiger partial charge is 0.350 e. The lowest BCUT2D eigenvalue weighted by atomic mass is 10.3. The zero-order chi connectivity index (χ0) is 18.7. The minimum Gasteiger partial charge on any atom is -0.345 e. The van der Waals surface area contributed by atoms with Gasteiger partial charge in [0.25, 0.3) is 0 Å². The summed E-state index contributed by atoms with van der Waals surface area (Å²) in [6.45, 7) is -0.765. The van der Waals surface area contributed by atoms with E-state index < -0.39 is 35.7 Å². The maximum Gasteiger partial charge on any atom is 0.350 e. The molecular weight excluding hydrogens is 348 g/mol. The zero-order valence-corrected chi connectivity index (χ0v) is 13.3. The molecule has 0 fully saturated rings. The first-order chi connectivity index (χ1) is 12.4. The van der Waals surface area contributed by atoms with Gasteiger partial charge < -0.3 is 10.6 Å². The predicted octanol–water partition coefficient (Wildman–Crippen LogP) is 0.529. The number of halogens is 2. The molecule has 10 heteroatoms. The fourth-order valence-corrected chi connectivity index (χ4v) is 2.22. The van der Waals surface area contributed by atoms with E-state index >= 15 is 0 Å². The van der Waals surface area contributed by atoms with Crippen molar-refractivity contribution in [2.45, 2.75) is 6.54 Å². The Morgan fingerprint density at radius 3 is 2.62 bits per heavy atom. The lowest BCUT2D eigenvalue weighted by molar-refractivity contribution is -0.124. The number of amides is 2. The van der Waals surface area contributed by atoms with Gasteiger partial charge in [-0.05, 0) is 24.3 Å². The molecule has 2 N–H and O–H groups in total. The van der Waals surface area contributed by atoms with Crippen LogP contribution >= 0.6 is 0 Å². The van der Waals surface area contributed by atoms with Crippen LogP contribution in [0.3, 0.4) is 0 Å². The molecule has 0 unspecified atom stereocenters. The molecule has 0 aliphatic carbocycles. The molecule has 1 aromatic carbocycles. The summed E-state index contributed by atoms with van der Waals surface area (Å²) in [5, 5.41) is 8.63. The molecule has 0 atom stereocenters. The maximum atomic E-state index is 13.1. The van der Waals surface area contributed by atoms with Gasteiger partial charge in [-0.2, -0.15) is 0 Å². The van der Waals surface area contributed by atoms with Crippen LogP contribution in [0.5, 0.6) is 0 Å². The highest BCUT2D eigenvalue weighted by atomic mass is 19.2. The SMILES string of the molecule is O=C(Cn1nc2ccccn2c1=O)NCC(=O)Nc1ccc(F)c(F)c1. The van der Waals surface area contributed by atoms with Gasteiger partial charge in [0.15, 0.2) is 17.3 Å². The van der Waals surface area contributed by atoms with E-state index in [-0.39, 0.29) is 12.2 Å². The van der Waals surface area contributed by atoms with E-state index in [4.69, 9.17) is 0 Å². The van der Waals surface area contributed by atoms with E-state index in [1.54, 1.807) is 18.2 Å². The fourth-order valence-electron chi connectivity index (χ4n) is 2.22. The second-order valence-electron chi connectivity index (χ2n) is 5.32. The van der Waals surface area contributed by atoms with Crippen LogP contribution in [0.1, 0.15) is 0 Å². The van der Waals surface area contributed by atoms with Gasteiger partial charge in [-0.1, -0.05) is 6.07 Å². The first-order valence-corrected chi connectivity index (χ1v) is 7.50. The molecule has 0 radical (unpaired) electrons. The van der Waals surface area contributed by atoms with Crippen molar-refractivity contribution in [1.82, 2.24) is 19.5 Å². The smallest absolute Gasteiger partial charge is 0.345 e. The summed E-state index contributed by atoms with van der Waals surface area (Å²) >= 11 is 0. The zero-order valence-electron chi connectivity index (χ0n) is 13.3. The first-order valence-electron chi connectivity index (χ1n) is 7.50. The monoisotopic (exact) mass is 361 g/mol. The minimum atomic E-state index is -1.10. The molecule has 0 bridgehead atoms. The van der Waals surface area contributed by atoms with Crippen molar-refractivity contribution in [2.75, 3.05) is 11.9 Å². The molecule has 134 valence electrons. The quantitative estimate of drug-likeness (QED) is 0.693. The molecular formula is C16H13F2N5O3. The molecule has 0 saturated carbocycles. The van der Waals surface area contributed by atoms with E-state index in [1.165, 1.54) is 16.7 Å². The van der Waals surface area contributed by atoms with Gasteiger partial charge in [0.05, 0.1) is 6.54 Å². The molecule has 3 rings (SSSR count). The van der Waals surface area contributed by atoms with Gasteiger partial charge in [0.2, 0.25) is 11.8 Å². The number of anilines is 1. The van der Waals surface area contributed by atoms with Crippen molar-refractivity contribution in [2.24, 2.45) is 0 Å². The second-order valence-corrected chi connectivity index (χ2v) is 5.32. The molecule has 2 aromatic heterocycles. The molecule has 2 heterocycles. The van der Waals surface area contributed by atoms with E-state index in [0.717, 1.165) is 16.8 Å². The summed E-state index contributed by atoms with van der Waals surface area (Å²) in [5.41, 5.74) is -0.0388. The molecule has 3 aromatic rings. The molecule has 0 aliphatic rings. The topological polar surface area (TPSA) is 97.5 Å². The van der Waals surface area contributed by atoms with E-state index in [9.17, 15) is 23.2 Å². The molecule has 0 saturated heterocycles. The normalized spacial score (nSPS) is 10.7. The van der Waals surface area contributed by atoms with Gasteiger partial charge in [0, 0.05) is 18.0 Å². The van der Waals surface area contributed by atoms with E-state index in [0.29, 0.717) is 5.65 Å². The first kappa shape index (κ1) is 17.3. The number of hydrogen-bond donors (Lipinski definition) is 2. The average Bonchev–Trinajstić information content (AvgIpc) is 2.92. The van der Waals surface area contributed by atoms with Crippen molar-refractivity contribution in [1.29, 1.82) is 0 Å². The van der Waals surface area contributed by atoms with Crippen molar-refractivity contribution in [3.05, 3.63) is 64.7 Å². The Bertz CT molecular complexity index is 1040. The standard InChI is InChI=1S/C16H13F2N5O3/c17-11-5-4-10(7-12(11)18)20-14(24)8-19-15(25)9-23-16(26)22-6-2-1-3-13(22)21-23/h1-7H,8-9H2,(H,19,25)(H,20,24). The Morgan fingerprint density at radius 1 is 1.08 bits per heavy atom. The Labute approximate surface area is 145 Å². The average molecular weight is 361 g/mol. The molecule has 0 spiro atoms. The maximum absolute atomic E-state index is 13.1. The van der Waals surface area contributed by atoms with Gasteiger partial charge in [-0.3, -0.25) is 14.0 Å². The van der Waals surface area contributed by atoms with Gasteiger partial charge in [-0.25, -0.2) is 18.3 Å². The number of pyridine rings is 1. The minimum absolute atomic E-state index is 0.0553. The Hall–Kier alpha value is -3.56. The Balaban J connectivity index is 1.56. The van der Waals surface area contributed by atoms with Gasteiger partial charge >= 0.3 is 5.69 Å². The summed E-state index contributed by atoms with van der Waals surface area (Å²) in [6.07, 6.45) is 1.52. The van der Waals surface area contributed by atoms with Crippen LogP contribution in [0.15, 0.2) is 47.4 Å². The van der Waals surface area contributed by atoms with Crippen LogP contribution in [0.4, 0.5) is 14.5 Å². The highest BCUT2D eigenvalue weighted by Crippen LogP contribution is 2.12. The number of hydrogen-bond acceptors (Lipinski definition) is 4. The number of rotatable bonds is 5. The van der Waals surface area contributed by atoms with E-state index in [1.807, 2.05) is 0 Å². The third kappa shape index (κ3) is 3.74. The van der Waals surface area contributed by atoms with Crippen molar-refractivity contribution >= 4 is 23.1 Å². The number of carbonyl (C=O) groups is 2. The fraction of sp³-hybridized carbons (Fsp3) is 0.125. The summed E-state index contributed by atoms with van der Waals surface area (Å²) in [5.74, 6) is -3.37. The lowest BCUT2D eigenvalue weighted by Crippen LogP contribution is -2.37. The van der Waals surface area contributed by atoms with Gasteiger partial charge in [0.1, 0.15) is 6.54 Å². The number of nitrogens with one attached hydrogen (secondary N) is 2. The van der Waals surface area contributed by atoms with Crippen molar-refractivity contribution in [3.8, 4) is 0 Å². The van der Waals surface area contributed by atoms with E-state index in [2.05, 4.69) is 15.7 Å². The molecule has 0 aliphatic heterocycles. The third-order valence-corrected chi connectivity index (χ3v) is 3.43. The Kier molecular flexibility index (Phi) is 4.74. The van der Waals surface area contributed by atoms with Crippen LogP contribution in [0, 0.1) is 11.6 Å². The Morgan fingerprint density at radius 2 is 1.88 bits per heavy atom. The summed E-state index contributed by atoms with van der Waals surface area (Å²) in [6, 6.07) is 7.86. The van der Waals surface area contributed by atoms with Crippen LogP contribution in [-0.2, 0) is 16.1 Å². The van der Waals surface area contributed by atoms with Gasteiger partial charge in [-0.15, -0.1) is 5.10 Å². The molecule has 26 heavy (non-hydrogen) atoms. The lowest BCUT2D eigenvalue weighted by Gasteiger charge is -2.07. The van der Waals surface area contributed by atoms with Crippen LogP contribution in [0.25, 0.3) is 5.65 Å². The number of fused-ring (bicyclic) bond motifs is 1. The van der Waals surface area contributed by atoms with Crippen LogP contribution in [0.2, 0.25) is 0 Å². The van der Waals surface area contributed by atoms with Crippen molar-refractivity contribution in [3.63, 3.8) is 0 Å². The van der Waals surface area contributed by atoms with Crippen LogP contribution < -0.4 is 16.3 Å². The number of nitrogens with zero attached hydrogens (tertiary/aromatic N) is 3. The number of carbonyl (C=O) groups excluding carboxylic acids is 2. The number of benzene rings is 1.